The van der Waals surface area contributed by atoms with Gasteiger partial charge in [-0.05, 0) is 22.0 Å². The smallest absolute Gasteiger partial charge is 0.162 e. The fourth-order valence-corrected chi connectivity index (χ4v) is 2.35. The molecule has 0 aromatic carbocycles. The fraction of sp³-hybridized carbons (Fsp3) is 0. The summed E-state index contributed by atoms with van der Waals surface area (Å²) in [5.41, 5.74) is 1.30. The molecule has 2 heterocycles. The molecule has 0 spiro atoms. The zero-order chi connectivity index (χ0) is 9.26. The Morgan fingerprint density at radius 3 is 2.92 bits per heavy atom. The topological polar surface area (TPSA) is 52.5 Å². The van der Waals surface area contributed by atoms with Crippen molar-refractivity contribution in [3.63, 3.8) is 0 Å². The van der Waals surface area contributed by atoms with E-state index >= 15 is 0 Å². The molecule has 2 rings (SSSR count). The van der Waals surface area contributed by atoms with Crippen LogP contribution in [-0.4, -0.2) is 10.2 Å². The summed E-state index contributed by atoms with van der Waals surface area (Å²) in [6, 6.07) is 5.69. The van der Waals surface area contributed by atoms with Gasteiger partial charge in [0.25, 0.3) is 0 Å². The molecule has 0 amide bonds. The molecule has 0 aliphatic heterocycles. The quantitative estimate of drug-likeness (QED) is 0.850. The lowest BCUT2D eigenvalue weighted by atomic mass is 10.3. The van der Waals surface area contributed by atoms with Crippen molar-refractivity contribution in [3.8, 4) is 16.6 Å². The average Bonchev–Trinajstić information content (AvgIpc) is 2.71. The summed E-state index contributed by atoms with van der Waals surface area (Å²) < 4.78 is 1.04. The van der Waals surface area contributed by atoms with Gasteiger partial charge in [-0.3, -0.25) is 5.10 Å². The summed E-state index contributed by atoms with van der Waals surface area (Å²) in [5.74, 6) is 0. The maximum absolute atomic E-state index is 8.56. The third-order valence-corrected chi connectivity index (χ3v) is 3.25. The second-order valence-corrected chi connectivity index (χ2v) is 4.23. The average molecular weight is 254 g/mol. The highest BCUT2D eigenvalue weighted by Gasteiger charge is 2.04. The molecule has 0 saturated heterocycles. The van der Waals surface area contributed by atoms with E-state index < -0.39 is 0 Å². The number of hydrogen-bond acceptors (Lipinski definition) is 3. The van der Waals surface area contributed by atoms with Crippen LogP contribution in [0.1, 0.15) is 5.69 Å². The van der Waals surface area contributed by atoms with Crippen molar-refractivity contribution >= 4 is 27.3 Å². The molecule has 0 bridgehead atoms. The second-order valence-electron chi connectivity index (χ2n) is 2.41. The van der Waals surface area contributed by atoms with Crippen molar-refractivity contribution < 1.29 is 0 Å². The summed E-state index contributed by atoms with van der Waals surface area (Å²) in [4.78, 5) is 1.07. The van der Waals surface area contributed by atoms with Crippen LogP contribution in [0.15, 0.2) is 22.0 Å². The van der Waals surface area contributed by atoms with E-state index in [0.717, 1.165) is 15.0 Å². The normalized spacial score (nSPS) is 9.85. The van der Waals surface area contributed by atoms with Gasteiger partial charge in [0.2, 0.25) is 0 Å². The van der Waals surface area contributed by atoms with Crippen molar-refractivity contribution in [1.82, 2.24) is 10.2 Å². The Bertz CT molecular complexity index is 466. The molecule has 0 saturated carbocycles. The van der Waals surface area contributed by atoms with E-state index in [-0.39, 0.29) is 0 Å². The lowest BCUT2D eigenvalue weighted by molar-refractivity contribution is 1.08. The number of H-pyrrole nitrogens is 1. The van der Waals surface area contributed by atoms with Crippen LogP contribution in [0.3, 0.4) is 0 Å². The highest BCUT2D eigenvalue weighted by molar-refractivity contribution is 9.10. The number of nitriles is 1. The Hall–Kier alpha value is -1.12. The minimum Gasteiger partial charge on any atom is -0.276 e. The molecule has 2 aromatic rings. The van der Waals surface area contributed by atoms with Crippen LogP contribution in [0.4, 0.5) is 0 Å². The zero-order valence-electron chi connectivity index (χ0n) is 6.41. The standard InChI is InChI=1S/C8H4BrN3S/c9-5-1-8(13-4-5)7-2-6(3-10)11-12-7/h1-2,4H,(H,11,12). The lowest BCUT2D eigenvalue weighted by Gasteiger charge is -1.85. The number of halogens is 1. The predicted molar refractivity (Wildman–Crippen MR) is 54.3 cm³/mol. The molecule has 1 N–H and O–H groups in total. The molecular weight excluding hydrogens is 250 g/mol. The summed E-state index contributed by atoms with van der Waals surface area (Å²) in [7, 11) is 0. The SMILES string of the molecule is N#Cc1cc(-c2cc(Br)cs2)[nH]n1. The molecule has 0 atom stereocenters. The first kappa shape index (κ1) is 8.48. The van der Waals surface area contributed by atoms with Gasteiger partial charge < -0.3 is 0 Å². The van der Waals surface area contributed by atoms with E-state index in [0.29, 0.717) is 5.69 Å². The minimum absolute atomic E-state index is 0.416. The van der Waals surface area contributed by atoms with E-state index in [1.807, 2.05) is 17.5 Å². The Morgan fingerprint density at radius 2 is 2.38 bits per heavy atom. The van der Waals surface area contributed by atoms with Gasteiger partial charge in [-0.1, -0.05) is 0 Å². The van der Waals surface area contributed by atoms with Gasteiger partial charge in [-0.15, -0.1) is 11.3 Å². The monoisotopic (exact) mass is 253 g/mol. The largest absolute Gasteiger partial charge is 0.276 e. The van der Waals surface area contributed by atoms with Gasteiger partial charge in [0.15, 0.2) is 5.69 Å². The first-order chi connectivity index (χ1) is 6.29. The van der Waals surface area contributed by atoms with Crippen molar-refractivity contribution in [2.75, 3.05) is 0 Å². The van der Waals surface area contributed by atoms with E-state index in [9.17, 15) is 0 Å². The number of rotatable bonds is 1. The maximum atomic E-state index is 8.56. The van der Waals surface area contributed by atoms with Crippen LogP contribution < -0.4 is 0 Å². The highest BCUT2D eigenvalue weighted by atomic mass is 79.9. The third-order valence-electron chi connectivity index (χ3n) is 1.53. The molecule has 2 aromatic heterocycles. The van der Waals surface area contributed by atoms with Gasteiger partial charge in [-0.2, -0.15) is 10.4 Å². The van der Waals surface area contributed by atoms with Crippen molar-refractivity contribution in [2.24, 2.45) is 0 Å². The van der Waals surface area contributed by atoms with Crippen LogP contribution >= 0.6 is 27.3 Å². The van der Waals surface area contributed by atoms with E-state index in [2.05, 4.69) is 26.1 Å². The van der Waals surface area contributed by atoms with Gasteiger partial charge in [0.1, 0.15) is 6.07 Å². The Balaban J connectivity index is 2.42. The number of nitrogens with one attached hydrogen (secondary N) is 1. The van der Waals surface area contributed by atoms with Crippen LogP contribution in [0.25, 0.3) is 10.6 Å². The molecule has 5 heteroatoms. The predicted octanol–water partition coefficient (Wildman–Crippen LogP) is 2.77. The van der Waals surface area contributed by atoms with E-state index in [1.54, 1.807) is 17.4 Å². The Kier molecular flexibility index (Phi) is 2.17. The summed E-state index contributed by atoms with van der Waals surface area (Å²) in [6.45, 7) is 0. The van der Waals surface area contributed by atoms with Gasteiger partial charge in [0, 0.05) is 15.9 Å². The molecule has 3 nitrogen and oxygen atoms in total. The second kappa shape index (κ2) is 3.32. The van der Waals surface area contributed by atoms with Crippen molar-refractivity contribution in [2.45, 2.75) is 0 Å². The zero-order valence-corrected chi connectivity index (χ0v) is 8.82. The maximum Gasteiger partial charge on any atom is 0.162 e. The fourth-order valence-electron chi connectivity index (χ4n) is 0.960. The first-order valence-corrected chi connectivity index (χ1v) is 5.17. The Labute approximate surface area is 87.2 Å². The minimum atomic E-state index is 0.416. The van der Waals surface area contributed by atoms with Crippen molar-refractivity contribution in [3.05, 3.63) is 27.7 Å². The van der Waals surface area contributed by atoms with Crippen LogP contribution in [0.5, 0.6) is 0 Å². The van der Waals surface area contributed by atoms with Crippen molar-refractivity contribution in [1.29, 1.82) is 5.26 Å². The van der Waals surface area contributed by atoms with E-state index in [1.165, 1.54) is 0 Å². The summed E-state index contributed by atoms with van der Waals surface area (Å²) in [6.07, 6.45) is 0. The van der Waals surface area contributed by atoms with Crippen LogP contribution in [-0.2, 0) is 0 Å². The van der Waals surface area contributed by atoms with Gasteiger partial charge in [-0.25, -0.2) is 0 Å². The van der Waals surface area contributed by atoms with Crippen LogP contribution in [0, 0.1) is 11.3 Å². The summed E-state index contributed by atoms with van der Waals surface area (Å²) >= 11 is 4.96. The highest BCUT2D eigenvalue weighted by Crippen LogP contribution is 2.28. The van der Waals surface area contributed by atoms with Gasteiger partial charge in [0.05, 0.1) is 10.6 Å². The number of thiophene rings is 1. The molecule has 13 heavy (non-hydrogen) atoms. The van der Waals surface area contributed by atoms with Gasteiger partial charge >= 0.3 is 0 Å². The molecule has 0 aliphatic carbocycles. The number of aromatic amines is 1. The Morgan fingerprint density at radius 1 is 1.54 bits per heavy atom. The molecule has 0 aliphatic rings. The molecular formula is C8H4BrN3S. The lowest BCUT2D eigenvalue weighted by Crippen LogP contribution is -1.71. The van der Waals surface area contributed by atoms with Crippen LogP contribution in [0.2, 0.25) is 0 Å². The third kappa shape index (κ3) is 1.64. The number of nitrogens with zero attached hydrogens (tertiary/aromatic N) is 2. The molecule has 64 valence electrons. The number of hydrogen-bond donors (Lipinski definition) is 1. The molecule has 0 radical (unpaired) electrons. The van der Waals surface area contributed by atoms with E-state index in [4.69, 9.17) is 5.26 Å². The summed E-state index contributed by atoms with van der Waals surface area (Å²) in [5, 5.41) is 17.2. The molecule has 0 unspecified atom stereocenters. The number of aromatic nitrogens is 2. The molecule has 0 fully saturated rings. The first-order valence-electron chi connectivity index (χ1n) is 3.49.